The fourth-order valence-corrected chi connectivity index (χ4v) is 4.13. The summed E-state index contributed by atoms with van der Waals surface area (Å²) in [5.41, 5.74) is 0.0715. The van der Waals surface area contributed by atoms with Gasteiger partial charge in [-0.25, -0.2) is 0 Å². The summed E-state index contributed by atoms with van der Waals surface area (Å²) in [4.78, 5) is 10.9. The number of aldehydes is 1. The van der Waals surface area contributed by atoms with E-state index in [0.29, 0.717) is 11.8 Å². The van der Waals surface area contributed by atoms with Gasteiger partial charge in [-0.05, 0) is 36.0 Å². The average molecular weight is 208 g/mol. The minimum Gasteiger partial charge on any atom is -0.389 e. The molecule has 2 bridgehead atoms. The normalized spacial score (nSPS) is 43.9. The number of rotatable bonds is 3. The lowest BCUT2D eigenvalue weighted by Gasteiger charge is -2.42. The average Bonchev–Trinajstić information content (AvgIpc) is 2.70. The van der Waals surface area contributed by atoms with Crippen LogP contribution in [0.5, 0.6) is 0 Å². The predicted molar refractivity (Wildman–Crippen MR) is 59.2 cm³/mol. The Morgan fingerprint density at radius 2 is 2.13 bits per heavy atom. The molecule has 0 spiro atoms. The highest BCUT2D eigenvalue weighted by Gasteiger charge is 2.58. The second kappa shape index (κ2) is 3.44. The standard InChI is InChI=1S/C13H20O2/c1-4-11(15)12-8-5-9(7-14)10(6-8)13(12,2)3/h4,7-12,15H,1,5-6H2,2-3H3. The second-order valence-corrected chi connectivity index (χ2v) is 5.71. The molecule has 2 heteroatoms. The maximum Gasteiger partial charge on any atom is 0.123 e. The van der Waals surface area contributed by atoms with Crippen molar-refractivity contribution in [2.45, 2.75) is 32.8 Å². The molecule has 2 aliphatic carbocycles. The predicted octanol–water partition coefficient (Wildman–Crippen LogP) is 2.03. The molecule has 15 heavy (non-hydrogen) atoms. The van der Waals surface area contributed by atoms with E-state index in [1.54, 1.807) is 6.08 Å². The van der Waals surface area contributed by atoms with Crippen molar-refractivity contribution in [1.29, 1.82) is 0 Å². The quantitative estimate of drug-likeness (QED) is 0.569. The highest BCUT2D eigenvalue weighted by molar-refractivity contribution is 5.55. The maximum absolute atomic E-state index is 10.9. The zero-order chi connectivity index (χ0) is 11.2. The van der Waals surface area contributed by atoms with Crippen LogP contribution in [-0.4, -0.2) is 17.5 Å². The van der Waals surface area contributed by atoms with E-state index in [0.717, 1.165) is 19.1 Å². The Bertz CT molecular complexity index is 282. The molecule has 5 atom stereocenters. The molecule has 0 heterocycles. The highest BCUT2D eigenvalue weighted by Crippen LogP contribution is 2.62. The molecular weight excluding hydrogens is 188 g/mol. The number of carbonyl (C=O) groups is 1. The van der Waals surface area contributed by atoms with Crippen LogP contribution in [0.25, 0.3) is 0 Å². The lowest BCUT2D eigenvalue weighted by atomic mass is 9.63. The molecule has 5 unspecified atom stereocenters. The largest absolute Gasteiger partial charge is 0.389 e. The molecule has 0 aliphatic heterocycles. The van der Waals surface area contributed by atoms with Gasteiger partial charge in [0.15, 0.2) is 0 Å². The molecule has 0 aromatic heterocycles. The van der Waals surface area contributed by atoms with Gasteiger partial charge in [0.2, 0.25) is 0 Å². The Morgan fingerprint density at radius 3 is 2.60 bits per heavy atom. The molecule has 0 aromatic carbocycles. The lowest BCUT2D eigenvalue weighted by molar-refractivity contribution is -0.115. The zero-order valence-electron chi connectivity index (χ0n) is 9.52. The van der Waals surface area contributed by atoms with E-state index in [1.807, 2.05) is 0 Å². The van der Waals surface area contributed by atoms with Crippen LogP contribution in [0.15, 0.2) is 12.7 Å². The number of aliphatic hydroxyl groups excluding tert-OH is 1. The van der Waals surface area contributed by atoms with Crippen molar-refractivity contribution < 1.29 is 9.90 Å². The fourth-order valence-electron chi connectivity index (χ4n) is 4.13. The number of hydrogen-bond acceptors (Lipinski definition) is 2. The van der Waals surface area contributed by atoms with Crippen LogP contribution < -0.4 is 0 Å². The first kappa shape index (κ1) is 10.9. The molecule has 84 valence electrons. The fraction of sp³-hybridized carbons (Fsp3) is 0.769. The molecule has 2 fully saturated rings. The molecule has 0 aromatic rings. The van der Waals surface area contributed by atoms with Crippen molar-refractivity contribution in [3.05, 3.63) is 12.7 Å². The summed E-state index contributed by atoms with van der Waals surface area (Å²) in [6, 6.07) is 0. The summed E-state index contributed by atoms with van der Waals surface area (Å²) in [7, 11) is 0. The first-order valence-corrected chi connectivity index (χ1v) is 5.78. The third-order valence-corrected chi connectivity index (χ3v) is 4.76. The Kier molecular flexibility index (Phi) is 2.50. The van der Waals surface area contributed by atoms with Gasteiger partial charge in [0, 0.05) is 5.92 Å². The van der Waals surface area contributed by atoms with E-state index in [9.17, 15) is 9.90 Å². The number of hydrogen-bond donors (Lipinski definition) is 1. The first-order chi connectivity index (χ1) is 7.02. The van der Waals surface area contributed by atoms with E-state index in [2.05, 4.69) is 20.4 Å². The molecular formula is C13H20O2. The minimum absolute atomic E-state index is 0.0715. The zero-order valence-corrected chi connectivity index (χ0v) is 9.52. The van der Waals surface area contributed by atoms with E-state index < -0.39 is 6.10 Å². The molecule has 1 N–H and O–H groups in total. The van der Waals surface area contributed by atoms with Gasteiger partial charge in [0.05, 0.1) is 6.10 Å². The maximum atomic E-state index is 10.9. The van der Waals surface area contributed by atoms with Crippen molar-refractivity contribution >= 4 is 6.29 Å². The smallest absolute Gasteiger partial charge is 0.123 e. The Morgan fingerprint density at radius 1 is 1.47 bits per heavy atom. The van der Waals surface area contributed by atoms with Crippen molar-refractivity contribution in [1.82, 2.24) is 0 Å². The molecule has 2 rings (SSSR count). The van der Waals surface area contributed by atoms with E-state index in [4.69, 9.17) is 0 Å². The summed E-state index contributed by atoms with van der Waals surface area (Å²) in [6.07, 6.45) is 4.41. The Labute approximate surface area is 91.4 Å². The lowest BCUT2D eigenvalue weighted by Crippen LogP contribution is -2.41. The van der Waals surface area contributed by atoms with Gasteiger partial charge >= 0.3 is 0 Å². The molecule has 2 aliphatic rings. The molecule has 0 amide bonds. The third-order valence-electron chi connectivity index (χ3n) is 4.76. The molecule has 2 nitrogen and oxygen atoms in total. The first-order valence-electron chi connectivity index (χ1n) is 5.78. The third kappa shape index (κ3) is 1.38. The Balaban J connectivity index is 2.25. The van der Waals surface area contributed by atoms with Crippen LogP contribution in [0.2, 0.25) is 0 Å². The second-order valence-electron chi connectivity index (χ2n) is 5.71. The minimum atomic E-state index is -0.414. The summed E-state index contributed by atoms with van der Waals surface area (Å²) in [6.45, 7) is 8.04. The molecule has 0 radical (unpaired) electrons. The Hall–Kier alpha value is -0.630. The van der Waals surface area contributed by atoms with Crippen molar-refractivity contribution in [3.8, 4) is 0 Å². The van der Waals surface area contributed by atoms with E-state index in [1.165, 1.54) is 0 Å². The van der Waals surface area contributed by atoms with Crippen LogP contribution in [-0.2, 0) is 4.79 Å². The number of carbonyl (C=O) groups excluding carboxylic acids is 1. The topological polar surface area (TPSA) is 37.3 Å². The van der Waals surface area contributed by atoms with Crippen LogP contribution >= 0.6 is 0 Å². The summed E-state index contributed by atoms with van der Waals surface area (Å²) < 4.78 is 0. The molecule has 0 saturated heterocycles. The van der Waals surface area contributed by atoms with Gasteiger partial charge in [-0.3, -0.25) is 0 Å². The van der Waals surface area contributed by atoms with Gasteiger partial charge < -0.3 is 9.90 Å². The number of fused-ring (bicyclic) bond motifs is 2. The van der Waals surface area contributed by atoms with Crippen LogP contribution in [0, 0.1) is 29.1 Å². The number of aliphatic hydroxyl groups is 1. The summed E-state index contributed by atoms with van der Waals surface area (Å²) in [5, 5.41) is 9.97. The van der Waals surface area contributed by atoms with Crippen LogP contribution in [0.3, 0.4) is 0 Å². The van der Waals surface area contributed by atoms with E-state index in [-0.39, 0.29) is 17.3 Å². The van der Waals surface area contributed by atoms with E-state index >= 15 is 0 Å². The summed E-state index contributed by atoms with van der Waals surface area (Å²) in [5.74, 6) is 1.47. The molecule has 2 saturated carbocycles. The van der Waals surface area contributed by atoms with Crippen molar-refractivity contribution in [3.63, 3.8) is 0 Å². The van der Waals surface area contributed by atoms with Crippen LogP contribution in [0.4, 0.5) is 0 Å². The van der Waals surface area contributed by atoms with Gasteiger partial charge in [0.1, 0.15) is 6.29 Å². The monoisotopic (exact) mass is 208 g/mol. The van der Waals surface area contributed by atoms with Crippen molar-refractivity contribution in [2.75, 3.05) is 0 Å². The van der Waals surface area contributed by atoms with Gasteiger partial charge in [0.25, 0.3) is 0 Å². The highest BCUT2D eigenvalue weighted by atomic mass is 16.3. The van der Waals surface area contributed by atoms with Gasteiger partial charge in [-0.15, -0.1) is 6.58 Å². The van der Waals surface area contributed by atoms with Gasteiger partial charge in [-0.2, -0.15) is 0 Å². The summed E-state index contributed by atoms with van der Waals surface area (Å²) >= 11 is 0. The van der Waals surface area contributed by atoms with Crippen LogP contribution in [0.1, 0.15) is 26.7 Å². The van der Waals surface area contributed by atoms with Gasteiger partial charge in [-0.1, -0.05) is 19.9 Å². The van der Waals surface area contributed by atoms with Crippen molar-refractivity contribution in [2.24, 2.45) is 29.1 Å². The SMILES string of the molecule is C=CC(O)C1C2CC(C=O)C(C2)C1(C)C.